The molecule has 2 saturated carbocycles. The first-order chi connectivity index (χ1) is 20.2. The van der Waals surface area contributed by atoms with E-state index in [2.05, 4.69) is 24.9 Å². The zero-order chi connectivity index (χ0) is 29.1. The molecule has 4 aliphatic rings. The minimum atomic E-state index is -4.07. The smallest absolute Gasteiger partial charge is 0.264 e. The Morgan fingerprint density at radius 2 is 1.69 bits per heavy atom. The van der Waals surface area contributed by atoms with E-state index in [1.54, 1.807) is 18.2 Å². The van der Waals surface area contributed by atoms with Crippen LogP contribution < -0.4 is 14.8 Å². The van der Waals surface area contributed by atoms with Gasteiger partial charge in [0.15, 0.2) is 0 Å². The maximum atomic E-state index is 13.4. The molecule has 9 nitrogen and oxygen atoms in total. The highest BCUT2D eigenvalue weighted by Gasteiger charge is 2.50. The van der Waals surface area contributed by atoms with E-state index in [9.17, 15) is 13.2 Å². The molecule has 3 aromatic rings. The summed E-state index contributed by atoms with van der Waals surface area (Å²) in [6, 6.07) is 14.0. The molecule has 42 heavy (non-hydrogen) atoms. The number of nitrogens with zero attached hydrogens (tertiary/aromatic N) is 3. The number of likely N-dealkylation sites (tertiary alicyclic amines) is 1. The number of ether oxygens (including phenoxy) is 1. The van der Waals surface area contributed by atoms with Gasteiger partial charge in [0.05, 0.1) is 16.6 Å². The summed E-state index contributed by atoms with van der Waals surface area (Å²) in [7, 11) is -4.07. The standard InChI is InChI=1S/C32H37N5O4S/c1-20-8-6-9-21(2)29(20)25-15-28-35-31(34-25)36-42(39,40)24-11-7-10-22(14-24)30(38)33-26-18-37(19-27(26)41-28)23-16-32(17-23)12-4-3-5-13-32/h6-11,14-15,23,26-27H,3-5,12-13,16-19H2,1-2H3,(H,33,38)(H,34,35,36)/t26-,27-/m1/s1. The van der Waals surface area contributed by atoms with Crippen molar-refractivity contribution >= 4 is 21.9 Å². The van der Waals surface area contributed by atoms with E-state index in [1.165, 1.54) is 57.1 Å². The van der Waals surface area contributed by atoms with Gasteiger partial charge >= 0.3 is 0 Å². The van der Waals surface area contributed by atoms with E-state index in [1.807, 2.05) is 32.0 Å². The molecule has 3 fully saturated rings. The van der Waals surface area contributed by atoms with Crippen molar-refractivity contribution in [2.45, 2.75) is 81.9 Å². The number of aromatic nitrogens is 2. The molecule has 3 heterocycles. The molecule has 7 rings (SSSR count). The predicted molar refractivity (Wildman–Crippen MR) is 160 cm³/mol. The second-order valence-electron chi connectivity index (χ2n) is 12.6. The topological polar surface area (TPSA) is 114 Å². The summed E-state index contributed by atoms with van der Waals surface area (Å²) in [5.74, 6) is -0.119. The molecule has 2 aliphatic heterocycles. The predicted octanol–water partition coefficient (Wildman–Crippen LogP) is 4.85. The molecule has 0 unspecified atom stereocenters. The third-order valence-corrected chi connectivity index (χ3v) is 11.0. The van der Waals surface area contributed by atoms with Crippen molar-refractivity contribution in [2.75, 3.05) is 17.8 Å². The Bertz CT molecular complexity index is 1620. The number of hydrogen-bond donors (Lipinski definition) is 2. The fraction of sp³-hybridized carbons (Fsp3) is 0.469. The van der Waals surface area contributed by atoms with Crippen LogP contribution >= 0.6 is 0 Å². The number of benzene rings is 2. The van der Waals surface area contributed by atoms with Crippen molar-refractivity contribution in [1.29, 1.82) is 0 Å². The molecular weight excluding hydrogens is 550 g/mol. The van der Waals surface area contributed by atoms with Crippen LogP contribution in [0.15, 0.2) is 53.4 Å². The van der Waals surface area contributed by atoms with E-state index in [0.717, 1.165) is 16.7 Å². The fourth-order valence-corrected chi connectivity index (χ4v) is 8.52. The summed E-state index contributed by atoms with van der Waals surface area (Å²) in [5.41, 5.74) is 4.28. The summed E-state index contributed by atoms with van der Waals surface area (Å²) >= 11 is 0. The highest BCUT2D eigenvalue weighted by Crippen LogP contribution is 2.53. The minimum Gasteiger partial charge on any atom is -0.471 e. The Hall–Kier alpha value is -3.50. The van der Waals surface area contributed by atoms with Gasteiger partial charge in [-0.25, -0.2) is 18.1 Å². The van der Waals surface area contributed by atoms with Crippen molar-refractivity contribution in [2.24, 2.45) is 5.41 Å². The van der Waals surface area contributed by atoms with Crippen LogP contribution in [0.3, 0.4) is 0 Å². The maximum Gasteiger partial charge on any atom is 0.264 e. The van der Waals surface area contributed by atoms with Gasteiger partial charge in [-0.3, -0.25) is 9.69 Å². The number of anilines is 1. The molecular formula is C32H37N5O4S. The lowest BCUT2D eigenvalue weighted by Crippen LogP contribution is -2.51. The van der Waals surface area contributed by atoms with Crippen molar-refractivity contribution < 1.29 is 17.9 Å². The first-order valence-corrected chi connectivity index (χ1v) is 16.5. The number of rotatable bonds is 2. The average molecular weight is 588 g/mol. The van der Waals surface area contributed by atoms with Crippen LogP contribution in [0.25, 0.3) is 11.3 Å². The van der Waals surface area contributed by atoms with Gasteiger partial charge in [0, 0.05) is 36.3 Å². The Morgan fingerprint density at radius 3 is 2.45 bits per heavy atom. The van der Waals surface area contributed by atoms with Gasteiger partial charge in [0.1, 0.15) is 6.10 Å². The molecule has 220 valence electrons. The van der Waals surface area contributed by atoms with Gasteiger partial charge in [0.25, 0.3) is 15.9 Å². The Labute approximate surface area is 247 Å². The molecule has 4 bridgehead atoms. The second kappa shape index (κ2) is 10.3. The summed E-state index contributed by atoms with van der Waals surface area (Å²) in [4.78, 5) is 25.0. The second-order valence-corrected chi connectivity index (χ2v) is 14.3. The zero-order valence-electron chi connectivity index (χ0n) is 24.1. The first kappa shape index (κ1) is 27.3. The molecule has 1 spiro atoms. The van der Waals surface area contributed by atoms with Crippen molar-refractivity contribution in [3.8, 4) is 17.1 Å². The number of carbonyl (C=O) groups is 1. The molecule has 2 aromatic carbocycles. The largest absolute Gasteiger partial charge is 0.471 e. The summed E-state index contributed by atoms with van der Waals surface area (Å²) < 4.78 is 35.8. The summed E-state index contributed by atoms with van der Waals surface area (Å²) in [5, 5.41) is 3.17. The zero-order valence-corrected chi connectivity index (χ0v) is 24.9. The van der Waals surface area contributed by atoms with E-state index in [0.29, 0.717) is 30.2 Å². The van der Waals surface area contributed by atoms with Gasteiger partial charge in [-0.2, -0.15) is 4.98 Å². The highest BCUT2D eigenvalue weighted by molar-refractivity contribution is 7.92. The lowest BCUT2D eigenvalue weighted by molar-refractivity contribution is -0.0195. The van der Waals surface area contributed by atoms with Crippen LogP contribution in [-0.2, 0) is 10.0 Å². The molecule has 2 atom stereocenters. The van der Waals surface area contributed by atoms with Crippen molar-refractivity contribution in [1.82, 2.24) is 20.2 Å². The third kappa shape index (κ3) is 5.04. The van der Waals surface area contributed by atoms with Gasteiger partial charge in [-0.05, 0) is 74.3 Å². The normalized spacial score (nSPS) is 25.0. The fourth-order valence-electron chi connectivity index (χ4n) is 7.54. The van der Waals surface area contributed by atoms with Crippen LogP contribution in [0.5, 0.6) is 5.88 Å². The molecule has 1 amide bonds. The van der Waals surface area contributed by atoms with Crippen molar-refractivity contribution in [3.63, 3.8) is 0 Å². The summed E-state index contributed by atoms with van der Waals surface area (Å²) in [6.07, 6.45) is 8.73. The van der Waals surface area contributed by atoms with Gasteiger partial charge in [-0.1, -0.05) is 43.5 Å². The van der Waals surface area contributed by atoms with E-state index in [-0.39, 0.29) is 40.3 Å². The lowest BCUT2D eigenvalue weighted by atomic mass is 9.58. The summed E-state index contributed by atoms with van der Waals surface area (Å²) in [6.45, 7) is 5.34. The van der Waals surface area contributed by atoms with E-state index >= 15 is 0 Å². The number of hydrogen-bond acceptors (Lipinski definition) is 7. The van der Waals surface area contributed by atoms with Gasteiger partial charge < -0.3 is 10.1 Å². The number of aryl methyl sites for hydroxylation is 2. The highest BCUT2D eigenvalue weighted by atomic mass is 32.2. The SMILES string of the molecule is Cc1cccc(C)c1-c1cc2nc(n1)NS(=O)(=O)c1cccc(c1)C(=O)N[C@@H]1CN(C3CC4(CCCCC4)C3)C[C@H]1O2. The van der Waals surface area contributed by atoms with E-state index < -0.39 is 10.0 Å². The number of amides is 1. The monoisotopic (exact) mass is 587 g/mol. The minimum absolute atomic E-state index is 0.0326. The number of nitrogens with one attached hydrogen (secondary N) is 2. The lowest BCUT2D eigenvalue weighted by Gasteiger charge is -2.53. The van der Waals surface area contributed by atoms with Gasteiger partial charge in [0.2, 0.25) is 11.8 Å². The molecule has 1 aromatic heterocycles. The van der Waals surface area contributed by atoms with Crippen molar-refractivity contribution in [3.05, 3.63) is 65.2 Å². The number of carbonyl (C=O) groups excluding carboxylic acids is 1. The maximum absolute atomic E-state index is 13.4. The Morgan fingerprint density at radius 1 is 0.952 bits per heavy atom. The molecule has 2 aliphatic carbocycles. The molecule has 2 N–H and O–H groups in total. The molecule has 0 radical (unpaired) electrons. The molecule has 1 saturated heterocycles. The quantitative estimate of drug-likeness (QED) is 0.441. The number of fused-ring (bicyclic) bond motifs is 5. The van der Waals surface area contributed by atoms with Gasteiger partial charge in [-0.15, -0.1) is 0 Å². The Kier molecular flexibility index (Phi) is 6.73. The van der Waals surface area contributed by atoms with Crippen LogP contribution in [-0.4, -0.2) is 60.5 Å². The van der Waals surface area contributed by atoms with Crippen LogP contribution in [0.4, 0.5) is 5.95 Å². The van der Waals surface area contributed by atoms with E-state index in [4.69, 9.17) is 4.74 Å². The Balaban J connectivity index is 1.26. The number of sulfonamides is 1. The third-order valence-electron chi connectivity index (χ3n) is 9.72. The van der Waals surface area contributed by atoms with Crippen LogP contribution in [0, 0.1) is 19.3 Å². The first-order valence-electron chi connectivity index (χ1n) is 15.0. The average Bonchev–Trinajstić information content (AvgIpc) is 3.32. The van der Waals surface area contributed by atoms with Crippen LogP contribution in [0.2, 0.25) is 0 Å². The van der Waals surface area contributed by atoms with Crippen LogP contribution in [0.1, 0.15) is 66.4 Å². The molecule has 10 heteroatoms.